The second-order valence-electron chi connectivity index (χ2n) is 11.5. The van der Waals surface area contributed by atoms with Crippen LogP contribution >= 0.6 is 0 Å². The fraction of sp³-hybridized carbons (Fsp3) is 0.400. The molecular formula is C30H31N3O9. The van der Waals surface area contributed by atoms with Crippen molar-refractivity contribution in [2.45, 2.75) is 37.1 Å². The van der Waals surface area contributed by atoms with E-state index in [1.807, 2.05) is 0 Å². The highest BCUT2D eigenvalue weighted by Crippen LogP contribution is 2.54. The van der Waals surface area contributed by atoms with Gasteiger partial charge in [0.05, 0.1) is 29.5 Å². The predicted molar refractivity (Wildman–Crippen MR) is 145 cm³/mol. The molecule has 2 aromatic rings. The van der Waals surface area contributed by atoms with E-state index >= 15 is 0 Å². The van der Waals surface area contributed by atoms with E-state index in [-0.39, 0.29) is 17.7 Å². The van der Waals surface area contributed by atoms with Crippen molar-refractivity contribution < 1.29 is 44.1 Å². The Balaban J connectivity index is 1.56. The summed E-state index contributed by atoms with van der Waals surface area (Å²) >= 11 is 0. The number of nitrogens with zero attached hydrogens (tertiary/aromatic N) is 1. The van der Waals surface area contributed by atoms with Gasteiger partial charge in [0.25, 0.3) is 5.91 Å². The van der Waals surface area contributed by atoms with E-state index in [1.165, 1.54) is 25.1 Å². The molecule has 3 aliphatic rings. The number of carbonyl (C=O) groups is 6. The van der Waals surface area contributed by atoms with Crippen LogP contribution in [0.15, 0.2) is 42.5 Å². The minimum atomic E-state index is -3.06. The third kappa shape index (κ3) is 4.01. The Morgan fingerprint density at radius 2 is 1.67 bits per heavy atom. The van der Waals surface area contributed by atoms with Crippen LogP contribution in [0, 0.1) is 23.7 Å². The normalized spacial score (nSPS) is 32.2. The SMILES string of the molecule is C[C@H]1c2ccc(CNC(=O)c3ccccc3)c(O)c2C(=O)C2C(=O)[C@]3(O)C(=O)C(C(N)=O)C(=O)[C@@H](N(C)C)C3[C@@H](O)C21. The number of aromatic hydroxyl groups is 1. The number of aliphatic hydroxyl groups is 2. The Morgan fingerprint density at radius 3 is 2.26 bits per heavy atom. The summed E-state index contributed by atoms with van der Waals surface area (Å²) in [6, 6.07) is 9.98. The van der Waals surface area contributed by atoms with Crippen molar-refractivity contribution in [3.05, 3.63) is 64.7 Å². The number of nitrogens with one attached hydrogen (secondary N) is 1. The Bertz CT molecular complexity index is 1540. The lowest BCUT2D eigenvalue weighted by Crippen LogP contribution is -2.77. The summed E-state index contributed by atoms with van der Waals surface area (Å²) in [5.74, 6) is -14.4. The number of Topliss-reactive ketones (excluding diaryl/α,β-unsaturated/α-hetero) is 4. The van der Waals surface area contributed by atoms with Crippen LogP contribution in [0.5, 0.6) is 5.75 Å². The summed E-state index contributed by atoms with van der Waals surface area (Å²) in [4.78, 5) is 80.6. The molecular weight excluding hydrogens is 546 g/mol. The number of likely N-dealkylation sites (N-methyl/N-ethyl adjacent to an activating group) is 1. The molecule has 0 aromatic heterocycles. The molecule has 2 aromatic carbocycles. The molecule has 12 heteroatoms. The van der Waals surface area contributed by atoms with Gasteiger partial charge in [0.2, 0.25) is 5.91 Å². The molecule has 42 heavy (non-hydrogen) atoms. The van der Waals surface area contributed by atoms with Crippen LogP contribution in [-0.4, -0.2) is 87.0 Å². The Morgan fingerprint density at radius 1 is 1.02 bits per heavy atom. The van der Waals surface area contributed by atoms with Crippen molar-refractivity contribution in [3.8, 4) is 5.75 Å². The number of primary amides is 1. The highest BCUT2D eigenvalue weighted by atomic mass is 16.3. The maximum atomic E-state index is 14.0. The first-order valence-corrected chi connectivity index (χ1v) is 13.5. The van der Waals surface area contributed by atoms with Crippen LogP contribution in [0.3, 0.4) is 0 Å². The van der Waals surface area contributed by atoms with Gasteiger partial charge in [-0.05, 0) is 37.7 Å². The van der Waals surface area contributed by atoms with E-state index in [9.17, 15) is 44.1 Å². The number of rotatable bonds is 5. The van der Waals surface area contributed by atoms with E-state index in [0.717, 1.165) is 0 Å². The molecule has 0 bridgehead atoms. The molecule has 8 atom stereocenters. The van der Waals surface area contributed by atoms with Crippen LogP contribution in [0.2, 0.25) is 0 Å². The molecule has 12 nitrogen and oxygen atoms in total. The first kappa shape index (κ1) is 29.2. The fourth-order valence-electron chi connectivity index (χ4n) is 7.04. The lowest BCUT2D eigenvalue weighted by atomic mass is 9.49. The molecule has 0 saturated heterocycles. The largest absolute Gasteiger partial charge is 0.507 e. The maximum Gasteiger partial charge on any atom is 0.251 e. The first-order valence-electron chi connectivity index (χ1n) is 13.5. The minimum absolute atomic E-state index is 0.156. The molecule has 2 fully saturated rings. The minimum Gasteiger partial charge on any atom is -0.507 e. The van der Waals surface area contributed by atoms with Crippen molar-refractivity contribution in [2.24, 2.45) is 29.4 Å². The van der Waals surface area contributed by atoms with E-state index in [2.05, 4.69) is 5.32 Å². The smallest absolute Gasteiger partial charge is 0.251 e. The van der Waals surface area contributed by atoms with Gasteiger partial charge in [0.15, 0.2) is 34.7 Å². The zero-order chi connectivity index (χ0) is 30.8. The number of aliphatic hydroxyl groups excluding tert-OH is 1. The van der Waals surface area contributed by atoms with Crippen LogP contribution in [0.25, 0.3) is 0 Å². The number of phenolic OH excluding ortho intramolecular Hbond substituents is 1. The number of ketones is 4. The molecule has 0 spiro atoms. The van der Waals surface area contributed by atoms with Crippen molar-refractivity contribution in [1.29, 1.82) is 0 Å². The average Bonchev–Trinajstić information content (AvgIpc) is 2.94. The zero-order valence-electron chi connectivity index (χ0n) is 23.1. The quantitative estimate of drug-likeness (QED) is 0.283. The van der Waals surface area contributed by atoms with Crippen LogP contribution < -0.4 is 11.1 Å². The predicted octanol–water partition coefficient (Wildman–Crippen LogP) is -0.671. The van der Waals surface area contributed by atoms with E-state index in [0.29, 0.717) is 11.1 Å². The van der Waals surface area contributed by atoms with Crippen molar-refractivity contribution in [3.63, 3.8) is 0 Å². The van der Waals surface area contributed by atoms with Crippen LogP contribution in [0.1, 0.15) is 44.7 Å². The van der Waals surface area contributed by atoms with Crippen LogP contribution in [0.4, 0.5) is 0 Å². The highest BCUT2D eigenvalue weighted by molar-refractivity contribution is 6.32. The molecule has 2 amide bonds. The van der Waals surface area contributed by atoms with Gasteiger partial charge < -0.3 is 26.4 Å². The summed E-state index contributed by atoms with van der Waals surface area (Å²) in [7, 11) is 2.86. The number of benzene rings is 2. The van der Waals surface area contributed by atoms with Gasteiger partial charge in [0.1, 0.15) is 5.75 Å². The number of nitrogens with two attached hydrogens (primary N) is 1. The Hall–Kier alpha value is -4.26. The Labute approximate surface area is 240 Å². The summed E-state index contributed by atoms with van der Waals surface area (Å²) in [5.41, 5.74) is 2.91. The topological polar surface area (TPSA) is 204 Å². The van der Waals surface area contributed by atoms with Gasteiger partial charge in [-0.3, -0.25) is 33.7 Å². The number of phenols is 1. The number of hydrogen-bond donors (Lipinski definition) is 5. The molecule has 6 N–H and O–H groups in total. The summed E-state index contributed by atoms with van der Waals surface area (Å²) in [6.45, 7) is 1.47. The van der Waals surface area contributed by atoms with Gasteiger partial charge in [-0.25, -0.2) is 0 Å². The van der Waals surface area contributed by atoms with Gasteiger partial charge in [0, 0.05) is 23.6 Å². The summed E-state index contributed by atoms with van der Waals surface area (Å²) < 4.78 is 0. The number of amides is 2. The van der Waals surface area contributed by atoms with E-state index in [4.69, 9.17) is 5.73 Å². The molecule has 4 unspecified atom stereocenters. The molecule has 0 radical (unpaired) electrons. The van der Waals surface area contributed by atoms with Crippen molar-refractivity contribution in [2.75, 3.05) is 14.1 Å². The summed E-state index contributed by atoms with van der Waals surface area (Å²) in [6.07, 6.45) is -1.70. The molecule has 2 saturated carbocycles. The summed E-state index contributed by atoms with van der Waals surface area (Å²) in [5, 5.41) is 37.2. The van der Waals surface area contributed by atoms with E-state index < -0.39 is 88.0 Å². The average molecular weight is 578 g/mol. The Kier molecular flexibility index (Phi) is 7.12. The lowest BCUT2D eigenvalue weighted by molar-refractivity contribution is -0.196. The number of carbonyl (C=O) groups excluding carboxylic acids is 6. The second-order valence-corrected chi connectivity index (χ2v) is 11.5. The zero-order valence-corrected chi connectivity index (χ0v) is 23.1. The van der Waals surface area contributed by atoms with Gasteiger partial charge in [-0.2, -0.15) is 0 Å². The fourth-order valence-corrected chi connectivity index (χ4v) is 7.04. The molecule has 5 rings (SSSR count). The molecule has 0 heterocycles. The standard InChI is InChI=1S/C30H31N3O9/c1-12-15-10-9-14(11-32-29(41)13-7-5-4-6-8-13)22(34)17(15)23(35)18-16(12)24(36)20-21(33(2)3)25(37)19(28(31)40)27(39)30(20,42)26(18)38/h4-10,12,16,18-21,24,34,36,42H,11H2,1-3H3,(H2,31,40)(H,32,41)/t12-,16?,18?,19?,20?,21-,24-,30-/m0/s1. The third-order valence-electron chi connectivity index (χ3n) is 9.05. The van der Waals surface area contributed by atoms with E-state index in [1.54, 1.807) is 43.3 Å². The maximum absolute atomic E-state index is 14.0. The molecule has 220 valence electrons. The number of fused-ring (bicyclic) bond motifs is 3. The van der Waals surface area contributed by atoms with Crippen molar-refractivity contribution >= 4 is 34.9 Å². The molecule has 0 aliphatic heterocycles. The van der Waals surface area contributed by atoms with Gasteiger partial charge in [-0.1, -0.05) is 37.3 Å². The van der Waals surface area contributed by atoms with Gasteiger partial charge >= 0.3 is 0 Å². The highest BCUT2D eigenvalue weighted by Gasteiger charge is 2.72. The van der Waals surface area contributed by atoms with Gasteiger partial charge in [-0.15, -0.1) is 0 Å². The second kappa shape index (κ2) is 10.2. The lowest BCUT2D eigenvalue weighted by Gasteiger charge is -2.56. The third-order valence-corrected chi connectivity index (χ3v) is 9.05. The van der Waals surface area contributed by atoms with Crippen molar-refractivity contribution in [1.82, 2.24) is 10.2 Å². The van der Waals surface area contributed by atoms with Crippen LogP contribution in [-0.2, 0) is 25.7 Å². The monoisotopic (exact) mass is 577 g/mol. The molecule has 3 aliphatic carbocycles. The first-order chi connectivity index (χ1) is 19.7. The number of hydrogen-bond acceptors (Lipinski definition) is 10.